The summed E-state index contributed by atoms with van der Waals surface area (Å²) >= 11 is 0. The highest BCUT2D eigenvalue weighted by Gasteiger charge is 2.45. The molecule has 1 fully saturated rings. The topological polar surface area (TPSA) is 66.8 Å². The van der Waals surface area contributed by atoms with Crippen molar-refractivity contribution in [2.24, 2.45) is 5.92 Å². The third-order valence-electron chi connectivity index (χ3n) is 3.43. The van der Waals surface area contributed by atoms with Crippen LogP contribution < -0.4 is 0 Å². The fraction of sp³-hybridized carbons (Fsp3) is 0.467. The Morgan fingerprint density at radius 1 is 1.35 bits per heavy atom. The third-order valence-corrected chi connectivity index (χ3v) is 3.43. The molecule has 0 spiro atoms. The summed E-state index contributed by atoms with van der Waals surface area (Å²) in [5.74, 6) is -0.873. The Kier molecular flexibility index (Phi) is 4.39. The van der Waals surface area contributed by atoms with Gasteiger partial charge in [-0.3, -0.25) is 4.79 Å². The van der Waals surface area contributed by atoms with E-state index in [4.69, 9.17) is 9.84 Å². The van der Waals surface area contributed by atoms with Gasteiger partial charge in [0.05, 0.1) is 17.6 Å². The van der Waals surface area contributed by atoms with Crippen LogP contribution in [0.3, 0.4) is 0 Å². The molecule has 1 N–H and O–H groups in total. The number of carboxylic acids is 1. The number of carbonyl (C=O) groups is 2. The maximum atomic E-state index is 12.1. The standard InChI is InChI=1S/C15H19NO4/c1-3-20-13-8-12(13)14(17)16(2)9-10-4-6-11(7-5-10)15(18)19/h4-7,12-13H,3,8-9H2,1-2H3,(H,18,19). The fourth-order valence-electron chi connectivity index (χ4n) is 2.22. The Morgan fingerprint density at radius 2 is 2.00 bits per heavy atom. The highest BCUT2D eigenvalue weighted by Crippen LogP contribution is 2.35. The average molecular weight is 277 g/mol. The van der Waals surface area contributed by atoms with E-state index in [2.05, 4.69) is 0 Å². The first-order valence-corrected chi connectivity index (χ1v) is 6.71. The van der Waals surface area contributed by atoms with Crippen LogP contribution in [0.2, 0.25) is 0 Å². The molecule has 2 atom stereocenters. The Bertz CT molecular complexity index is 497. The van der Waals surface area contributed by atoms with E-state index in [1.807, 2.05) is 6.92 Å². The average Bonchev–Trinajstić information content (AvgIpc) is 3.18. The van der Waals surface area contributed by atoms with Crippen LogP contribution in [-0.4, -0.2) is 41.6 Å². The molecule has 1 amide bonds. The fourth-order valence-corrected chi connectivity index (χ4v) is 2.22. The molecule has 0 radical (unpaired) electrons. The Morgan fingerprint density at radius 3 is 2.55 bits per heavy atom. The summed E-state index contributed by atoms with van der Waals surface area (Å²) in [6, 6.07) is 6.58. The molecule has 1 aliphatic carbocycles. The summed E-state index contributed by atoms with van der Waals surface area (Å²) in [6.45, 7) is 3.04. The summed E-state index contributed by atoms with van der Waals surface area (Å²) in [4.78, 5) is 24.5. The highest BCUT2D eigenvalue weighted by atomic mass is 16.5. The van der Waals surface area contributed by atoms with E-state index in [9.17, 15) is 9.59 Å². The maximum Gasteiger partial charge on any atom is 0.335 e. The number of hydrogen-bond acceptors (Lipinski definition) is 3. The zero-order valence-corrected chi connectivity index (χ0v) is 11.7. The largest absolute Gasteiger partial charge is 0.478 e. The van der Waals surface area contributed by atoms with Crippen LogP contribution in [-0.2, 0) is 16.1 Å². The minimum absolute atomic E-state index is 0.0155. The molecule has 5 heteroatoms. The second-order valence-electron chi connectivity index (χ2n) is 5.03. The number of amides is 1. The molecule has 2 unspecified atom stereocenters. The summed E-state index contributed by atoms with van der Waals surface area (Å²) in [6.07, 6.45) is 0.874. The van der Waals surface area contributed by atoms with Gasteiger partial charge in [-0.1, -0.05) is 12.1 Å². The van der Waals surface area contributed by atoms with Gasteiger partial charge in [-0.05, 0) is 31.0 Å². The summed E-state index contributed by atoms with van der Waals surface area (Å²) in [7, 11) is 1.76. The molecule has 20 heavy (non-hydrogen) atoms. The Balaban J connectivity index is 1.89. The van der Waals surface area contributed by atoms with Crippen molar-refractivity contribution in [3.63, 3.8) is 0 Å². The number of nitrogens with zero attached hydrogens (tertiary/aromatic N) is 1. The first kappa shape index (κ1) is 14.5. The predicted octanol–water partition coefficient (Wildman–Crippen LogP) is 1.77. The van der Waals surface area contributed by atoms with Crippen molar-refractivity contribution in [1.82, 2.24) is 4.90 Å². The lowest BCUT2D eigenvalue weighted by Crippen LogP contribution is -2.28. The minimum Gasteiger partial charge on any atom is -0.478 e. The summed E-state index contributed by atoms with van der Waals surface area (Å²) in [5, 5.41) is 8.83. The van der Waals surface area contributed by atoms with Gasteiger partial charge in [0.1, 0.15) is 0 Å². The molecule has 0 aliphatic heterocycles. The van der Waals surface area contributed by atoms with E-state index in [1.54, 1.807) is 36.2 Å². The first-order chi connectivity index (χ1) is 9.52. The zero-order chi connectivity index (χ0) is 14.7. The van der Waals surface area contributed by atoms with Crippen molar-refractivity contribution in [2.45, 2.75) is 26.0 Å². The van der Waals surface area contributed by atoms with Crippen molar-refractivity contribution in [2.75, 3.05) is 13.7 Å². The molecule has 1 saturated carbocycles. The smallest absolute Gasteiger partial charge is 0.335 e. The second kappa shape index (κ2) is 6.05. The van der Waals surface area contributed by atoms with Crippen LogP contribution in [0.15, 0.2) is 24.3 Å². The second-order valence-corrected chi connectivity index (χ2v) is 5.03. The Labute approximate surface area is 118 Å². The van der Waals surface area contributed by atoms with Crippen molar-refractivity contribution >= 4 is 11.9 Å². The molecule has 108 valence electrons. The van der Waals surface area contributed by atoms with Gasteiger partial charge in [0, 0.05) is 20.2 Å². The predicted molar refractivity (Wildman–Crippen MR) is 73.4 cm³/mol. The monoisotopic (exact) mass is 277 g/mol. The van der Waals surface area contributed by atoms with Crippen molar-refractivity contribution in [3.8, 4) is 0 Å². The van der Waals surface area contributed by atoms with E-state index >= 15 is 0 Å². The SMILES string of the molecule is CCOC1CC1C(=O)N(C)Cc1ccc(C(=O)O)cc1. The van der Waals surface area contributed by atoms with Gasteiger partial charge in [0.2, 0.25) is 5.91 Å². The molecule has 1 aromatic rings. The van der Waals surface area contributed by atoms with Crippen LogP contribution in [0, 0.1) is 5.92 Å². The van der Waals surface area contributed by atoms with Crippen molar-refractivity contribution in [3.05, 3.63) is 35.4 Å². The summed E-state index contributed by atoms with van der Waals surface area (Å²) < 4.78 is 5.42. The Hall–Kier alpha value is -1.88. The minimum atomic E-state index is -0.946. The lowest BCUT2D eigenvalue weighted by atomic mass is 10.1. The van der Waals surface area contributed by atoms with Gasteiger partial charge in [-0.2, -0.15) is 0 Å². The molecule has 1 aromatic carbocycles. The van der Waals surface area contributed by atoms with Gasteiger partial charge in [0.15, 0.2) is 0 Å². The van der Waals surface area contributed by atoms with E-state index in [0.29, 0.717) is 13.2 Å². The molecule has 2 rings (SSSR count). The first-order valence-electron chi connectivity index (χ1n) is 6.71. The number of carbonyl (C=O) groups excluding carboxylic acids is 1. The lowest BCUT2D eigenvalue weighted by Gasteiger charge is -2.17. The van der Waals surface area contributed by atoms with Gasteiger partial charge in [0.25, 0.3) is 0 Å². The number of hydrogen-bond donors (Lipinski definition) is 1. The molecule has 5 nitrogen and oxygen atoms in total. The van der Waals surface area contributed by atoms with Gasteiger partial charge in [-0.25, -0.2) is 4.79 Å². The van der Waals surface area contributed by atoms with Gasteiger partial charge >= 0.3 is 5.97 Å². The zero-order valence-electron chi connectivity index (χ0n) is 11.7. The molecule has 0 aromatic heterocycles. The number of rotatable bonds is 6. The third kappa shape index (κ3) is 3.36. The molecule has 1 aliphatic rings. The van der Waals surface area contributed by atoms with Crippen molar-refractivity contribution in [1.29, 1.82) is 0 Å². The lowest BCUT2D eigenvalue weighted by molar-refractivity contribution is -0.132. The number of aromatic carboxylic acids is 1. The molecule has 0 bridgehead atoms. The summed E-state index contributed by atoms with van der Waals surface area (Å²) in [5.41, 5.74) is 1.17. The maximum absolute atomic E-state index is 12.1. The van der Waals surface area contributed by atoms with Crippen LogP contribution in [0.4, 0.5) is 0 Å². The highest BCUT2D eigenvalue weighted by molar-refractivity contribution is 5.87. The molecular formula is C15H19NO4. The van der Waals surface area contributed by atoms with Crippen LogP contribution in [0.25, 0.3) is 0 Å². The molecule has 0 saturated heterocycles. The van der Waals surface area contributed by atoms with E-state index in [-0.39, 0.29) is 23.5 Å². The van der Waals surface area contributed by atoms with E-state index in [1.165, 1.54) is 0 Å². The normalized spacial score (nSPS) is 20.5. The van der Waals surface area contributed by atoms with Crippen LogP contribution in [0.1, 0.15) is 29.3 Å². The van der Waals surface area contributed by atoms with Gasteiger partial charge in [-0.15, -0.1) is 0 Å². The van der Waals surface area contributed by atoms with E-state index in [0.717, 1.165) is 12.0 Å². The van der Waals surface area contributed by atoms with Crippen molar-refractivity contribution < 1.29 is 19.4 Å². The number of ether oxygens (including phenoxy) is 1. The number of benzene rings is 1. The van der Waals surface area contributed by atoms with Gasteiger partial charge < -0.3 is 14.7 Å². The molecular weight excluding hydrogens is 258 g/mol. The van der Waals surface area contributed by atoms with Crippen LogP contribution >= 0.6 is 0 Å². The van der Waals surface area contributed by atoms with Crippen LogP contribution in [0.5, 0.6) is 0 Å². The quantitative estimate of drug-likeness (QED) is 0.860. The number of carboxylic acid groups (broad SMARTS) is 1. The van der Waals surface area contributed by atoms with E-state index < -0.39 is 5.97 Å². The molecule has 0 heterocycles.